The van der Waals surface area contributed by atoms with Crippen molar-refractivity contribution < 1.29 is 19.1 Å². The number of hydrogen-bond acceptors (Lipinski definition) is 5. The molecule has 0 aromatic carbocycles. The molecule has 2 rings (SSSR count). The molecule has 1 aromatic heterocycles. The van der Waals surface area contributed by atoms with Crippen LogP contribution in [0.2, 0.25) is 5.15 Å². The number of amides is 2. The molecule has 1 aromatic rings. The summed E-state index contributed by atoms with van der Waals surface area (Å²) in [4.78, 5) is 27.6. The smallest absolute Gasteiger partial charge is 0.269 e. The molecular weight excluding hydrogens is 322 g/mol. The maximum atomic E-state index is 12.1. The largest absolute Gasteiger partial charge is 0.354 e. The molecule has 2 amide bonds. The fourth-order valence-corrected chi connectivity index (χ4v) is 2.36. The SMILES string of the molecule is CNC(=O)c1cc(C(=O)NCCCC2OCCCO2)cc(Cl)n1. The Morgan fingerprint density at radius 1 is 1.30 bits per heavy atom. The quantitative estimate of drug-likeness (QED) is 0.602. The van der Waals surface area contributed by atoms with Gasteiger partial charge in [0.05, 0.1) is 13.2 Å². The molecule has 0 radical (unpaired) electrons. The zero-order chi connectivity index (χ0) is 16.7. The summed E-state index contributed by atoms with van der Waals surface area (Å²) in [6, 6.07) is 2.84. The van der Waals surface area contributed by atoms with Gasteiger partial charge < -0.3 is 20.1 Å². The number of carbonyl (C=O) groups excluding carboxylic acids is 2. The van der Waals surface area contributed by atoms with Gasteiger partial charge in [0, 0.05) is 25.6 Å². The minimum atomic E-state index is -0.395. The van der Waals surface area contributed by atoms with E-state index in [0.717, 1.165) is 32.5 Å². The number of halogens is 1. The molecule has 126 valence electrons. The summed E-state index contributed by atoms with van der Waals surface area (Å²) in [5, 5.41) is 5.32. The maximum absolute atomic E-state index is 12.1. The van der Waals surface area contributed by atoms with Crippen LogP contribution in [0.5, 0.6) is 0 Å². The van der Waals surface area contributed by atoms with Gasteiger partial charge in [-0.2, -0.15) is 0 Å². The minimum Gasteiger partial charge on any atom is -0.354 e. The van der Waals surface area contributed by atoms with Crippen LogP contribution >= 0.6 is 11.6 Å². The van der Waals surface area contributed by atoms with Crippen LogP contribution in [0, 0.1) is 0 Å². The predicted molar refractivity (Wildman–Crippen MR) is 84.5 cm³/mol. The summed E-state index contributed by atoms with van der Waals surface area (Å²) in [6.07, 6.45) is 2.19. The van der Waals surface area contributed by atoms with Crippen molar-refractivity contribution in [3.05, 3.63) is 28.5 Å². The lowest BCUT2D eigenvalue weighted by atomic mass is 10.2. The molecule has 0 bridgehead atoms. The molecular formula is C15H20ClN3O4. The Morgan fingerprint density at radius 2 is 2.04 bits per heavy atom. The standard InChI is InChI=1S/C15H20ClN3O4/c1-17-15(21)11-8-10(9-12(16)19-11)14(20)18-5-2-4-13-22-6-3-7-23-13/h8-9,13H,2-7H2,1H3,(H,17,21)(H,18,20). The number of aromatic nitrogens is 1. The van der Waals surface area contributed by atoms with Crippen molar-refractivity contribution in [3.8, 4) is 0 Å². The molecule has 0 unspecified atom stereocenters. The highest BCUT2D eigenvalue weighted by atomic mass is 35.5. The number of pyridine rings is 1. The molecule has 7 nitrogen and oxygen atoms in total. The molecule has 0 saturated carbocycles. The highest BCUT2D eigenvalue weighted by molar-refractivity contribution is 6.30. The van der Waals surface area contributed by atoms with Gasteiger partial charge in [0.1, 0.15) is 10.8 Å². The van der Waals surface area contributed by atoms with Crippen molar-refractivity contribution in [2.24, 2.45) is 0 Å². The van der Waals surface area contributed by atoms with Crippen molar-refractivity contribution in [2.45, 2.75) is 25.6 Å². The summed E-state index contributed by atoms with van der Waals surface area (Å²) in [7, 11) is 1.49. The van der Waals surface area contributed by atoms with E-state index in [1.165, 1.54) is 19.2 Å². The highest BCUT2D eigenvalue weighted by Crippen LogP contribution is 2.12. The van der Waals surface area contributed by atoms with E-state index in [-0.39, 0.29) is 23.0 Å². The zero-order valence-corrected chi connectivity index (χ0v) is 13.7. The Hall–Kier alpha value is -1.70. The lowest BCUT2D eigenvalue weighted by Gasteiger charge is -2.23. The first kappa shape index (κ1) is 17.7. The minimum absolute atomic E-state index is 0.0975. The van der Waals surface area contributed by atoms with Crippen LogP contribution in [0.15, 0.2) is 12.1 Å². The topological polar surface area (TPSA) is 89.6 Å². The summed E-state index contributed by atoms with van der Waals surface area (Å²) in [6.45, 7) is 1.92. The summed E-state index contributed by atoms with van der Waals surface area (Å²) >= 11 is 5.85. The van der Waals surface area contributed by atoms with E-state index in [1.54, 1.807) is 0 Å². The van der Waals surface area contributed by atoms with E-state index >= 15 is 0 Å². The van der Waals surface area contributed by atoms with Crippen LogP contribution < -0.4 is 10.6 Å². The van der Waals surface area contributed by atoms with E-state index < -0.39 is 5.91 Å². The van der Waals surface area contributed by atoms with Crippen molar-refractivity contribution in [1.29, 1.82) is 0 Å². The highest BCUT2D eigenvalue weighted by Gasteiger charge is 2.15. The summed E-state index contributed by atoms with van der Waals surface area (Å²) < 4.78 is 10.9. The first-order valence-electron chi connectivity index (χ1n) is 7.51. The van der Waals surface area contributed by atoms with Gasteiger partial charge in [-0.15, -0.1) is 0 Å². The number of ether oxygens (including phenoxy) is 2. The summed E-state index contributed by atoms with van der Waals surface area (Å²) in [5.74, 6) is -0.696. The van der Waals surface area contributed by atoms with Gasteiger partial charge in [0.25, 0.3) is 11.8 Å². The third-order valence-corrected chi connectivity index (χ3v) is 3.51. The van der Waals surface area contributed by atoms with Crippen LogP contribution in [-0.2, 0) is 9.47 Å². The molecule has 2 heterocycles. The Morgan fingerprint density at radius 3 is 2.74 bits per heavy atom. The van der Waals surface area contributed by atoms with E-state index in [0.29, 0.717) is 12.1 Å². The lowest BCUT2D eigenvalue weighted by molar-refractivity contribution is -0.181. The van der Waals surface area contributed by atoms with Crippen molar-refractivity contribution in [3.63, 3.8) is 0 Å². The van der Waals surface area contributed by atoms with Crippen LogP contribution in [0.3, 0.4) is 0 Å². The molecule has 1 aliphatic heterocycles. The van der Waals surface area contributed by atoms with E-state index in [9.17, 15) is 9.59 Å². The third-order valence-electron chi connectivity index (χ3n) is 3.31. The van der Waals surface area contributed by atoms with Gasteiger partial charge in [-0.3, -0.25) is 9.59 Å². The zero-order valence-electron chi connectivity index (χ0n) is 12.9. The molecule has 0 spiro atoms. The van der Waals surface area contributed by atoms with Crippen LogP contribution in [0.25, 0.3) is 0 Å². The van der Waals surface area contributed by atoms with Gasteiger partial charge >= 0.3 is 0 Å². The third kappa shape index (κ3) is 5.46. The normalized spacial score (nSPS) is 15.2. The maximum Gasteiger partial charge on any atom is 0.269 e. The van der Waals surface area contributed by atoms with Crippen molar-refractivity contribution in [2.75, 3.05) is 26.8 Å². The Kier molecular flexibility index (Phi) is 6.76. The lowest BCUT2D eigenvalue weighted by Crippen LogP contribution is -2.28. The predicted octanol–water partition coefficient (Wildman–Crippen LogP) is 1.37. The second-order valence-corrected chi connectivity index (χ2v) is 5.45. The number of nitrogens with zero attached hydrogens (tertiary/aromatic N) is 1. The van der Waals surface area contributed by atoms with Crippen molar-refractivity contribution >= 4 is 23.4 Å². The first-order chi connectivity index (χ1) is 11.1. The van der Waals surface area contributed by atoms with Crippen LogP contribution in [0.4, 0.5) is 0 Å². The Labute approximate surface area is 139 Å². The fourth-order valence-electron chi connectivity index (χ4n) is 2.15. The van der Waals surface area contributed by atoms with Gasteiger partial charge in [-0.05, 0) is 25.0 Å². The summed E-state index contributed by atoms with van der Waals surface area (Å²) in [5.41, 5.74) is 0.405. The first-order valence-corrected chi connectivity index (χ1v) is 7.89. The molecule has 2 N–H and O–H groups in total. The fraction of sp³-hybridized carbons (Fsp3) is 0.533. The molecule has 0 atom stereocenters. The van der Waals surface area contributed by atoms with Crippen molar-refractivity contribution in [1.82, 2.24) is 15.6 Å². The average Bonchev–Trinajstić information content (AvgIpc) is 2.58. The van der Waals surface area contributed by atoms with Gasteiger partial charge in [-0.25, -0.2) is 4.98 Å². The molecule has 0 aliphatic carbocycles. The van der Waals surface area contributed by atoms with E-state index in [4.69, 9.17) is 21.1 Å². The number of hydrogen-bond donors (Lipinski definition) is 2. The molecule has 23 heavy (non-hydrogen) atoms. The number of carbonyl (C=O) groups is 2. The Balaban J connectivity index is 1.83. The van der Waals surface area contributed by atoms with E-state index in [2.05, 4.69) is 15.6 Å². The molecule has 1 saturated heterocycles. The Bertz CT molecular complexity index is 562. The molecule has 1 aliphatic rings. The monoisotopic (exact) mass is 341 g/mol. The number of nitrogens with one attached hydrogen (secondary N) is 2. The second-order valence-electron chi connectivity index (χ2n) is 5.07. The second kappa shape index (κ2) is 8.81. The van der Waals surface area contributed by atoms with Gasteiger partial charge in [0.2, 0.25) is 0 Å². The van der Waals surface area contributed by atoms with Gasteiger partial charge in [0.15, 0.2) is 6.29 Å². The van der Waals surface area contributed by atoms with E-state index in [1.807, 2.05) is 0 Å². The molecule has 8 heteroatoms. The average molecular weight is 342 g/mol. The molecule has 1 fully saturated rings. The van der Waals surface area contributed by atoms with Gasteiger partial charge in [-0.1, -0.05) is 11.6 Å². The van der Waals surface area contributed by atoms with Crippen LogP contribution in [-0.4, -0.2) is 49.9 Å². The number of rotatable bonds is 6. The van der Waals surface area contributed by atoms with Crippen LogP contribution in [0.1, 0.15) is 40.1 Å².